The Morgan fingerprint density at radius 2 is 2.00 bits per heavy atom. The fourth-order valence-electron chi connectivity index (χ4n) is 0.628. The summed E-state index contributed by atoms with van der Waals surface area (Å²) < 4.78 is 10.1. The molecule has 0 saturated carbocycles. The van der Waals surface area contributed by atoms with Crippen molar-refractivity contribution in [3.05, 3.63) is 0 Å². The molecule has 0 aromatic carbocycles. The van der Waals surface area contributed by atoms with Gasteiger partial charge in [-0.15, -0.1) is 0 Å². The molecule has 0 bridgehead atoms. The quantitative estimate of drug-likeness (QED) is 0.526. The first-order valence-electron chi connectivity index (χ1n) is 3.89. The van der Waals surface area contributed by atoms with Crippen LogP contribution >= 0.6 is 0 Å². The molecule has 0 spiro atoms. The maximum absolute atomic E-state index is 10.5. The van der Waals surface area contributed by atoms with Gasteiger partial charge < -0.3 is 14.3 Å². The first-order valence-corrected chi connectivity index (χ1v) is 7.30. The van der Waals surface area contributed by atoms with E-state index < -0.39 is 20.6 Å². The summed E-state index contributed by atoms with van der Waals surface area (Å²) in [5.41, 5.74) is 0. The van der Waals surface area contributed by atoms with E-state index >= 15 is 0 Å². The second-order valence-electron chi connectivity index (χ2n) is 3.36. The van der Waals surface area contributed by atoms with Gasteiger partial charge in [0.05, 0.1) is 0 Å². The van der Waals surface area contributed by atoms with Gasteiger partial charge in [-0.2, -0.15) is 0 Å². The third-order valence-corrected chi connectivity index (χ3v) is 1.90. The summed E-state index contributed by atoms with van der Waals surface area (Å²) in [5.74, 6) is -1.06. The maximum Gasteiger partial charge on any atom is 0.360 e. The number of aliphatic carboxylic acids is 1. The van der Waals surface area contributed by atoms with Crippen LogP contribution in [0.1, 0.15) is 6.92 Å². The molecule has 0 saturated heterocycles. The number of carboxylic acid groups (broad SMARTS) is 1. The van der Waals surface area contributed by atoms with Gasteiger partial charge in [-0.05, 0) is 26.6 Å². The van der Waals surface area contributed by atoms with Gasteiger partial charge in [0.25, 0.3) is 0 Å². The summed E-state index contributed by atoms with van der Waals surface area (Å²) in [6.45, 7) is 7.84. The van der Waals surface area contributed by atoms with Gasteiger partial charge in [-0.25, -0.2) is 4.79 Å². The van der Waals surface area contributed by atoms with Crippen molar-refractivity contribution in [2.24, 2.45) is 0 Å². The topological polar surface area (TPSA) is 55.8 Å². The SMILES string of the molecule is CCOC(O[Si](C)(C)C)C(=O)O. The van der Waals surface area contributed by atoms with Crippen LogP contribution in [0, 0.1) is 0 Å². The fraction of sp³-hybridized carbons (Fsp3) is 0.857. The van der Waals surface area contributed by atoms with Crippen LogP contribution in [0.2, 0.25) is 19.6 Å². The summed E-state index contributed by atoms with van der Waals surface area (Å²) in [7, 11) is -1.83. The molecule has 0 heterocycles. The Kier molecular flexibility index (Phi) is 4.44. The second kappa shape index (κ2) is 4.59. The van der Waals surface area contributed by atoms with E-state index in [1.807, 2.05) is 19.6 Å². The maximum atomic E-state index is 10.5. The highest BCUT2D eigenvalue weighted by Gasteiger charge is 2.26. The average molecular weight is 192 g/mol. The molecule has 0 amide bonds. The average Bonchev–Trinajstić information content (AvgIpc) is 1.83. The van der Waals surface area contributed by atoms with Crippen molar-refractivity contribution in [3.63, 3.8) is 0 Å². The smallest absolute Gasteiger partial charge is 0.360 e. The lowest BCUT2D eigenvalue weighted by atomic mass is 10.6. The summed E-state index contributed by atoms with van der Waals surface area (Å²) in [5, 5.41) is 8.64. The van der Waals surface area contributed by atoms with Crippen LogP contribution in [0.5, 0.6) is 0 Å². The molecule has 1 unspecified atom stereocenters. The molecule has 0 rings (SSSR count). The Bertz CT molecular complexity index is 152. The fourth-order valence-corrected chi connectivity index (χ4v) is 1.44. The molecule has 0 aliphatic heterocycles. The third-order valence-electron chi connectivity index (χ3n) is 0.980. The first-order chi connectivity index (χ1) is 5.37. The number of ether oxygens (including phenoxy) is 1. The monoisotopic (exact) mass is 192 g/mol. The van der Waals surface area contributed by atoms with E-state index in [1.165, 1.54) is 0 Å². The summed E-state index contributed by atoms with van der Waals surface area (Å²) in [6, 6.07) is 0. The highest BCUT2D eigenvalue weighted by molar-refractivity contribution is 6.69. The predicted molar refractivity (Wildman–Crippen MR) is 47.5 cm³/mol. The van der Waals surface area contributed by atoms with Crippen LogP contribution in [0.4, 0.5) is 0 Å². The number of hydrogen-bond donors (Lipinski definition) is 1. The Labute approximate surface area is 73.6 Å². The van der Waals surface area contributed by atoms with Crippen molar-refractivity contribution in [2.75, 3.05) is 6.61 Å². The largest absolute Gasteiger partial charge is 0.478 e. The van der Waals surface area contributed by atoms with E-state index in [-0.39, 0.29) is 0 Å². The van der Waals surface area contributed by atoms with Gasteiger partial charge in [0.1, 0.15) is 0 Å². The summed E-state index contributed by atoms with van der Waals surface area (Å²) in [4.78, 5) is 10.5. The predicted octanol–water partition coefficient (Wildman–Crippen LogP) is 1.29. The van der Waals surface area contributed by atoms with Gasteiger partial charge >= 0.3 is 5.97 Å². The van der Waals surface area contributed by atoms with Gasteiger partial charge in [-0.1, -0.05) is 0 Å². The van der Waals surface area contributed by atoms with Crippen molar-refractivity contribution in [3.8, 4) is 0 Å². The van der Waals surface area contributed by atoms with Crippen LogP contribution in [0.15, 0.2) is 0 Å². The Morgan fingerprint density at radius 3 is 2.25 bits per heavy atom. The van der Waals surface area contributed by atoms with Gasteiger partial charge in [-0.3, -0.25) is 0 Å². The lowest BCUT2D eigenvalue weighted by Crippen LogP contribution is -2.38. The van der Waals surface area contributed by atoms with E-state index in [9.17, 15) is 4.79 Å². The molecule has 0 aliphatic carbocycles. The van der Waals surface area contributed by atoms with Crippen LogP contribution in [0.25, 0.3) is 0 Å². The molecule has 0 aliphatic rings. The Morgan fingerprint density at radius 1 is 1.50 bits per heavy atom. The molecular formula is C7H16O4Si. The van der Waals surface area contributed by atoms with Crippen molar-refractivity contribution in [1.29, 1.82) is 0 Å². The molecule has 4 nitrogen and oxygen atoms in total. The lowest BCUT2D eigenvalue weighted by molar-refractivity contribution is -0.171. The van der Waals surface area contributed by atoms with Crippen LogP contribution < -0.4 is 0 Å². The van der Waals surface area contributed by atoms with Gasteiger partial charge in [0.2, 0.25) is 6.29 Å². The molecule has 72 valence electrons. The molecule has 12 heavy (non-hydrogen) atoms. The molecule has 0 aromatic heterocycles. The lowest BCUT2D eigenvalue weighted by Gasteiger charge is -2.22. The van der Waals surface area contributed by atoms with E-state index in [2.05, 4.69) is 0 Å². The Balaban J connectivity index is 4.05. The van der Waals surface area contributed by atoms with Crippen LogP contribution in [0.3, 0.4) is 0 Å². The molecular weight excluding hydrogens is 176 g/mol. The highest BCUT2D eigenvalue weighted by Crippen LogP contribution is 2.08. The number of hydrogen-bond acceptors (Lipinski definition) is 3. The molecule has 5 heteroatoms. The zero-order valence-electron chi connectivity index (χ0n) is 7.96. The van der Waals surface area contributed by atoms with Crippen molar-refractivity contribution in [1.82, 2.24) is 0 Å². The van der Waals surface area contributed by atoms with Crippen molar-refractivity contribution >= 4 is 14.3 Å². The molecule has 0 fully saturated rings. The van der Waals surface area contributed by atoms with Crippen molar-refractivity contribution in [2.45, 2.75) is 32.9 Å². The van der Waals surface area contributed by atoms with E-state index in [4.69, 9.17) is 14.3 Å². The van der Waals surface area contributed by atoms with Gasteiger partial charge in [0.15, 0.2) is 8.32 Å². The normalized spacial score (nSPS) is 14.3. The molecule has 0 aromatic rings. The van der Waals surface area contributed by atoms with Crippen LogP contribution in [-0.4, -0.2) is 32.3 Å². The van der Waals surface area contributed by atoms with E-state index in [0.717, 1.165) is 0 Å². The van der Waals surface area contributed by atoms with E-state index in [0.29, 0.717) is 6.61 Å². The van der Waals surface area contributed by atoms with Gasteiger partial charge in [0, 0.05) is 6.61 Å². The molecule has 1 N–H and O–H groups in total. The summed E-state index contributed by atoms with van der Waals surface area (Å²) >= 11 is 0. The van der Waals surface area contributed by atoms with E-state index in [1.54, 1.807) is 6.92 Å². The minimum atomic E-state index is -1.83. The third kappa shape index (κ3) is 5.28. The zero-order chi connectivity index (χ0) is 9.78. The number of rotatable bonds is 5. The second-order valence-corrected chi connectivity index (χ2v) is 7.82. The van der Waals surface area contributed by atoms with Crippen LogP contribution in [-0.2, 0) is 14.0 Å². The molecule has 0 radical (unpaired) electrons. The highest BCUT2D eigenvalue weighted by atomic mass is 28.4. The minimum Gasteiger partial charge on any atom is -0.478 e. The Hall–Kier alpha value is -0.393. The molecule has 1 atom stereocenters. The zero-order valence-corrected chi connectivity index (χ0v) is 8.96. The number of carboxylic acids is 1. The number of carbonyl (C=O) groups is 1. The summed E-state index contributed by atoms with van der Waals surface area (Å²) in [6.07, 6.45) is -1.10. The minimum absolute atomic E-state index is 0.349. The first kappa shape index (κ1) is 11.6. The standard InChI is InChI=1S/C7H16O4Si/c1-5-10-7(6(8)9)11-12(2,3)4/h7H,5H2,1-4H3,(H,8,9). The van der Waals surface area contributed by atoms with Crippen molar-refractivity contribution < 1.29 is 19.1 Å².